The number of nitrogens with two attached hydrogens (primary N) is 1. The molecule has 1 aromatic rings. The summed E-state index contributed by atoms with van der Waals surface area (Å²) < 4.78 is 0. The van der Waals surface area contributed by atoms with E-state index in [0.717, 1.165) is 17.1 Å². The van der Waals surface area contributed by atoms with E-state index in [9.17, 15) is 0 Å². The van der Waals surface area contributed by atoms with Crippen LogP contribution < -0.4 is 5.73 Å². The molecule has 0 amide bonds. The van der Waals surface area contributed by atoms with Crippen LogP contribution in [0.1, 0.15) is 17.0 Å². The van der Waals surface area contributed by atoms with Crippen molar-refractivity contribution in [2.75, 3.05) is 27.2 Å². The Kier molecular flexibility index (Phi) is 4.58. The zero-order valence-corrected chi connectivity index (χ0v) is 10.4. The third-order valence-electron chi connectivity index (χ3n) is 2.62. The summed E-state index contributed by atoms with van der Waals surface area (Å²) in [7, 11) is 4.12. The molecule has 2 nitrogen and oxygen atoms in total. The maximum absolute atomic E-state index is 6.10. The Morgan fingerprint density at radius 1 is 1.40 bits per heavy atom. The first-order valence-corrected chi connectivity index (χ1v) is 5.54. The van der Waals surface area contributed by atoms with Crippen LogP contribution in [0.3, 0.4) is 0 Å². The van der Waals surface area contributed by atoms with E-state index in [1.165, 1.54) is 5.56 Å². The van der Waals surface area contributed by atoms with Crippen molar-refractivity contribution < 1.29 is 0 Å². The van der Waals surface area contributed by atoms with Crippen LogP contribution in [0.2, 0.25) is 5.02 Å². The van der Waals surface area contributed by atoms with E-state index in [1.54, 1.807) is 0 Å². The second-order valence-corrected chi connectivity index (χ2v) is 4.56. The quantitative estimate of drug-likeness (QED) is 0.854. The van der Waals surface area contributed by atoms with E-state index in [0.29, 0.717) is 12.5 Å². The Balaban J connectivity index is 2.96. The normalized spacial score (nSPS) is 13.2. The fourth-order valence-corrected chi connectivity index (χ4v) is 1.99. The van der Waals surface area contributed by atoms with Gasteiger partial charge < -0.3 is 10.6 Å². The van der Waals surface area contributed by atoms with E-state index in [4.69, 9.17) is 17.3 Å². The fourth-order valence-electron chi connectivity index (χ4n) is 1.81. The number of hydrogen-bond donors (Lipinski definition) is 1. The highest BCUT2D eigenvalue weighted by molar-refractivity contribution is 6.31. The molecule has 0 aromatic heterocycles. The van der Waals surface area contributed by atoms with Crippen LogP contribution in [0.4, 0.5) is 0 Å². The Hall–Kier alpha value is -0.570. The zero-order chi connectivity index (χ0) is 11.4. The summed E-state index contributed by atoms with van der Waals surface area (Å²) in [6.45, 7) is 3.66. The summed E-state index contributed by atoms with van der Waals surface area (Å²) in [5, 5.41) is 0.824. The molecule has 3 heteroatoms. The van der Waals surface area contributed by atoms with Gasteiger partial charge in [0.1, 0.15) is 0 Å². The van der Waals surface area contributed by atoms with Crippen molar-refractivity contribution in [3.63, 3.8) is 0 Å². The molecule has 1 rings (SSSR count). The average Bonchev–Trinajstić information content (AvgIpc) is 2.19. The molecule has 0 heterocycles. The summed E-state index contributed by atoms with van der Waals surface area (Å²) in [5.41, 5.74) is 8.21. The topological polar surface area (TPSA) is 29.3 Å². The van der Waals surface area contributed by atoms with Gasteiger partial charge in [-0.15, -0.1) is 0 Å². The molecule has 15 heavy (non-hydrogen) atoms. The summed E-state index contributed by atoms with van der Waals surface area (Å²) in [4.78, 5) is 2.15. The fraction of sp³-hybridized carbons (Fsp3) is 0.500. The van der Waals surface area contributed by atoms with Crippen LogP contribution in [0.15, 0.2) is 18.2 Å². The molecule has 0 radical (unpaired) electrons. The molecule has 84 valence electrons. The van der Waals surface area contributed by atoms with Gasteiger partial charge in [-0.1, -0.05) is 23.7 Å². The van der Waals surface area contributed by atoms with Crippen molar-refractivity contribution in [3.05, 3.63) is 34.3 Å². The Bertz CT molecular complexity index is 323. The monoisotopic (exact) mass is 226 g/mol. The molecule has 1 atom stereocenters. The zero-order valence-electron chi connectivity index (χ0n) is 9.63. The highest BCUT2D eigenvalue weighted by atomic mass is 35.5. The lowest BCUT2D eigenvalue weighted by Gasteiger charge is -2.21. The van der Waals surface area contributed by atoms with Gasteiger partial charge in [0.25, 0.3) is 0 Å². The molecule has 0 saturated carbocycles. The molecule has 0 aliphatic carbocycles. The summed E-state index contributed by atoms with van der Waals surface area (Å²) in [5.74, 6) is 0.360. The minimum atomic E-state index is 0.360. The Morgan fingerprint density at radius 3 is 2.60 bits per heavy atom. The van der Waals surface area contributed by atoms with Crippen molar-refractivity contribution in [1.29, 1.82) is 0 Å². The Labute approximate surface area is 97.0 Å². The first-order valence-electron chi connectivity index (χ1n) is 5.16. The maximum Gasteiger partial charge on any atom is 0.0438 e. The molecule has 0 fully saturated rings. The van der Waals surface area contributed by atoms with Crippen molar-refractivity contribution in [2.45, 2.75) is 12.8 Å². The SMILES string of the molecule is Cc1c(Cl)cccc1C(CN)CN(C)C. The third kappa shape index (κ3) is 3.20. The molecule has 0 aliphatic heterocycles. The first kappa shape index (κ1) is 12.5. The number of rotatable bonds is 4. The van der Waals surface area contributed by atoms with Crippen LogP contribution >= 0.6 is 11.6 Å². The molecule has 0 aliphatic rings. The molecular weight excluding hydrogens is 208 g/mol. The third-order valence-corrected chi connectivity index (χ3v) is 3.03. The summed E-state index contributed by atoms with van der Waals surface area (Å²) in [6, 6.07) is 6.02. The molecule has 0 bridgehead atoms. The lowest BCUT2D eigenvalue weighted by Crippen LogP contribution is -2.26. The second-order valence-electron chi connectivity index (χ2n) is 4.15. The van der Waals surface area contributed by atoms with Crippen LogP contribution in [-0.2, 0) is 0 Å². The Morgan fingerprint density at radius 2 is 2.07 bits per heavy atom. The summed E-state index contributed by atoms with van der Waals surface area (Å²) >= 11 is 6.10. The number of nitrogens with zero attached hydrogens (tertiary/aromatic N) is 1. The minimum Gasteiger partial charge on any atom is -0.330 e. The predicted molar refractivity (Wildman–Crippen MR) is 66.5 cm³/mol. The average molecular weight is 227 g/mol. The van der Waals surface area contributed by atoms with Gasteiger partial charge in [0, 0.05) is 24.0 Å². The van der Waals surface area contributed by atoms with Gasteiger partial charge in [-0.2, -0.15) is 0 Å². The van der Waals surface area contributed by atoms with E-state index < -0.39 is 0 Å². The van der Waals surface area contributed by atoms with Crippen molar-refractivity contribution in [2.24, 2.45) is 5.73 Å². The first-order chi connectivity index (χ1) is 7.06. The molecule has 0 spiro atoms. The van der Waals surface area contributed by atoms with Gasteiger partial charge in [0.2, 0.25) is 0 Å². The van der Waals surface area contributed by atoms with Crippen LogP contribution in [-0.4, -0.2) is 32.1 Å². The molecular formula is C12H19ClN2. The highest BCUT2D eigenvalue weighted by Crippen LogP contribution is 2.25. The maximum atomic E-state index is 6.10. The van der Waals surface area contributed by atoms with E-state index in [1.807, 2.05) is 12.1 Å². The smallest absolute Gasteiger partial charge is 0.0438 e. The lowest BCUT2D eigenvalue weighted by atomic mass is 9.94. The van der Waals surface area contributed by atoms with Crippen LogP contribution in [0.25, 0.3) is 0 Å². The van der Waals surface area contributed by atoms with Gasteiger partial charge in [-0.05, 0) is 38.2 Å². The molecule has 1 unspecified atom stereocenters. The van der Waals surface area contributed by atoms with Crippen molar-refractivity contribution in [1.82, 2.24) is 4.90 Å². The number of likely N-dealkylation sites (N-methyl/N-ethyl adjacent to an activating group) is 1. The van der Waals surface area contributed by atoms with E-state index in [2.05, 4.69) is 32.0 Å². The van der Waals surface area contributed by atoms with E-state index in [-0.39, 0.29) is 0 Å². The van der Waals surface area contributed by atoms with Gasteiger partial charge in [0.15, 0.2) is 0 Å². The van der Waals surface area contributed by atoms with E-state index >= 15 is 0 Å². The number of hydrogen-bond acceptors (Lipinski definition) is 2. The van der Waals surface area contributed by atoms with Gasteiger partial charge in [-0.25, -0.2) is 0 Å². The van der Waals surface area contributed by atoms with Crippen molar-refractivity contribution in [3.8, 4) is 0 Å². The number of benzene rings is 1. The number of halogens is 1. The van der Waals surface area contributed by atoms with Gasteiger partial charge in [-0.3, -0.25) is 0 Å². The van der Waals surface area contributed by atoms with Crippen molar-refractivity contribution >= 4 is 11.6 Å². The second kappa shape index (κ2) is 5.50. The minimum absolute atomic E-state index is 0.360. The van der Waals surface area contributed by atoms with Crippen LogP contribution in [0, 0.1) is 6.92 Å². The molecule has 1 aromatic carbocycles. The highest BCUT2D eigenvalue weighted by Gasteiger charge is 2.14. The van der Waals surface area contributed by atoms with Gasteiger partial charge >= 0.3 is 0 Å². The largest absolute Gasteiger partial charge is 0.330 e. The van der Waals surface area contributed by atoms with Crippen LogP contribution in [0.5, 0.6) is 0 Å². The predicted octanol–water partition coefficient (Wildman–Crippen LogP) is 2.25. The molecule has 0 saturated heterocycles. The van der Waals surface area contributed by atoms with Gasteiger partial charge in [0.05, 0.1) is 0 Å². The standard InChI is InChI=1S/C12H19ClN2/c1-9-11(5-4-6-12(9)13)10(7-14)8-15(2)3/h4-6,10H,7-8,14H2,1-3H3. The summed E-state index contributed by atoms with van der Waals surface area (Å²) in [6.07, 6.45) is 0. The molecule has 2 N–H and O–H groups in total. The lowest BCUT2D eigenvalue weighted by molar-refractivity contribution is 0.375.